The minimum absolute atomic E-state index is 0.0375. The molecular formula is C30H43BrO5Si. The predicted molar refractivity (Wildman–Crippen MR) is 157 cm³/mol. The molecule has 204 valence electrons. The van der Waals surface area contributed by atoms with Gasteiger partial charge in [0.2, 0.25) is 0 Å². The van der Waals surface area contributed by atoms with Crippen molar-refractivity contribution in [2.24, 2.45) is 5.92 Å². The van der Waals surface area contributed by atoms with Gasteiger partial charge < -0.3 is 18.6 Å². The minimum Gasteiger partial charge on any atom is -0.463 e. The number of carbonyl (C=O) groups is 1. The van der Waals surface area contributed by atoms with Gasteiger partial charge in [0, 0.05) is 25.2 Å². The molecule has 2 rings (SSSR count). The SMILES string of the molecule is CCOC(=O)/C=C/C[C@@H](OC(CBr)OCC)[C@H](C)CO[Si](c1ccccc1)(c1ccccc1)C(C)(C)C. The molecule has 1 unspecified atom stereocenters. The third-order valence-electron chi connectivity index (χ3n) is 6.33. The smallest absolute Gasteiger partial charge is 0.330 e. The van der Waals surface area contributed by atoms with Crippen LogP contribution in [0.5, 0.6) is 0 Å². The van der Waals surface area contributed by atoms with Crippen LogP contribution >= 0.6 is 15.9 Å². The summed E-state index contributed by atoms with van der Waals surface area (Å²) in [6.45, 7) is 14.1. The van der Waals surface area contributed by atoms with Gasteiger partial charge in [0.1, 0.15) is 0 Å². The molecule has 2 aromatic carbocycles. The first kappa shape index (κ1) is 31.4. The van der Waals surface area contributed by atoms with Crippen LogP contribution in [0.15, 0.2) is 72.8 Å². The van der Waals surface area contributed by atoms with Crippen LogP contribution in [-0.4, -0.2) is 51.8 Å². The second kappa shape index (κ2) is 15.6. The van der Waals surface area contributed by atoms with Gasteiger partial charge in [-0.3, -0.25) is 0 Å². The van der Waals surface area contributed by atoms with Crippen LogP contribution in [0, 0.1) is 5.92 Å². The third kappa shape index (κ3) is 8.89. The Labute approximate surface area is 232 Å². The zero-order valence-corrected chi connectivity index (χ0v) is 25.7. The van der Waals surface area contributed by atoms with Gasteiger partial charge in [0.25, 0.3) is 8.32 Å². The quantitative estimate of drug-likeness (QED) is 0.0856. The van der Waals surface area contributed by atoms with Gasteiger partial charge in [-0.15, -0.1) is 0 Å². The Kier molecular flexibility index (Phi) is 13.3. The minimum atomic E-state index is -2.67. The van der Waals surface area contributed by atoms with Crippen LogP contribution in [0.4, 0.5) is 0 Å². The van der Waals surface area contributed by atoms with E-state index in [2.05, 4.69) is 92.2 Å². The average molecular weight is 592 g/mol. The Balaban J connectivity index is 2.37. The number of esters is 1. The highest BCUT2D eigenvalue weighted by atomic mass is 79.9. The van der Waals surface area contributed by atoms with Crippen LogP contribution < -0.4 is 10.4 Å². The number of hydrogen-bond acceptors (Lipinski definition) is 5. The van der Waals surface area contributed by atoms with Gasteiger partial charge in [-0.2, -0.15) is 0 Å². The fourth-order valence-electron chi connectivity index (χ4n) is 4.54. The molecule has 7 heteroatoms. The molecule has 0 aliphatic rings. The van der Waals surface area contributed by atoms with Crippen molar-refractivity contribution >= 4 is 40.6 Å². The summed E-state index contributed by atoms with van der Waals surface area (Å²) < 4.78 is 24.3. The van der Waals surface area contributed by atoms with Gasteiger partial charge in [-0.25, -0.2) is 4.79 Å². The first-order chi connectivity index (χ1) is 17.7. The number of halogens is 1. The molecule has 5 nitrogen and oxygen atoms in total. The van der Waals surface area contributed by atoms with Crippen LogP contribution in [-0.2, 0) is 23.4 Å². The second-order valence-corrected chi connectivity index (χ2v) is 15.0. The molecule has 0 aromatic heterocycles. The molecule has 0 N–H and O–H groups in total. The van der Waals surface area contributed by atoms with Crippen molar-refractivity contribution in [2.45, 2.75) is 65.4 Å². The number of ether oxygens (including phenoxy) is 3. The standard InChI is InChI=1S/C30H43BrO5Si/c1-7-33-28(32)21-15-20-27(36-29(22-31)34-8-2)24(3)23-35-37(30(4,5)6,25-16-11-9-12-17-25)26-18-13-10-14-19-26/h9-19,21,24,27,29H,7-8,20,22-23H2,1-6H3/b21-15+/t24-,27-,29?/m1/s1. The van der Waals surface area contributed by atoms with Crippen molar-refractivity contribution in [1.82, 2.24) is 0 Å². The molecule has 0 spiro atoms. The number of rotatable bonds is 15. The van der Waals surface area contributed by atoms with Crippen molar-refractivity contribution in [2.75, 3.05) is 25.2 Å². The van der Waals surface area contributed by atoms with Crippen LogP contribution in [0.25, 0.3) is 0 Å². The van der Waals surface area contributed by atoms with Crippen LogP contribution in [0.2, 0.25) is 5.04 Å². The van der Waals surface area contributed by atoms with Crippen molar-refractivity contribution < 1.29 is 23.4 Å². The molecule has 0 aliphatic heterocycles. The molecule has 0 radical (unpaired) electrons. The van der Waals surface area contributed by atoms with E-state index in [1.165, 1.54) is 16.4 Å². The summed E-state index contributed by atoms with van der Waals surface area (Å²) in [6.07, 6.45) is 3.23. The van der Waals surface area contributed by atoms with Gasteiger partial charge in [-0.1, -0.05) is 110 Å². The molecule has 0 bridgehead atoms. The molecule has 37 heavy (non-hydrogen) atoms. The topological polar surface area (TPSA) is 54.0 Å². The van der Waals surface area contributed by atoms with E-state index in [1.807, 2.05) is 25.1 Å². The first-order valence-electron chi connectivity index (χ1n) is 13.1. The molecule has 0 saturated carbocycles. The predicted octanol–water partition coefficient (Wildman–Crippen LogP) is 5.85. The molecule has 3 atom stereocenters. The highest BCUT2D eigenvalue weighted by Gasteiger charge is 2.50. The summed E-state index contributed by atoms with van der Waals surface area (Å²) in [5, 5.41) is 2.93. The van der Waals surface area contributed by atoms with Gasteiger partial charge in [0.15, 0.2) is 6.29 Å². The molecule has 0 fully saturated rings. The Morgan fingerprint density at radius 1 is 0.973 bits per heavy atom. The van der Waals surface area contributed by atoms with Crippen molar-refractivity contribution in [3.63, 3.8) is 0 Å². The summed E-state index contributed by atoms with van der Waals surface area (Å²) >= 11 is 3.50. The zero-order valence-electron chi connectivity index (χ0n) is 23.1. The maximum Gasteiger partial charge on any atom is 0.330 e. The van der Waals surface area contributed by atoms with Gasteiger partial charge in [-0.05, 0) is 35.7 Å². The Morgan fingerprint density at radius 3 is 2.00 bits per heavy atom. The van der Waals surface area contributed by atoms with E-state index in [-0.39, 0.29) is 29.3 Å². The summed E-state index contributed by atoms with van der Waals surface area (Å²) in [6, 6.07) is 21.2. The Morgan fingerprint density at radius 2 is 1.54 bits per heavy atom. The lowest BCUT2D eigenvalue weighted by Gasteiger charge is -2.44. The maximum absolute atomic E-state index is 11.9. The lowest BCUT2D eigenvalue weighted by atomic mass is 10.0. The molecule has 0 amide bonds. The van der Waals surface area contributed by atoms with E-state index >= 15 is 0 Å². The van der Waals surface area contributed by atoms with E-state index in [0.29, 0.717) is 31.6 Å². The fraction of sp³-hybridized carbons (Fsp3) is 0.500. The second-order valence-electron chi connectivity index (χ2n) is 10.1. The number of hydrogen-bond donors (Lipinski definition) is 0. The van der Waals surface area contributed by atoms with E-state index in [4.69, 9.17) is 18.6 Å². The van der Waals surface area contributed by atoms with Gasteiger partial charge in [0.05, 0.1) is 18.0 Å². The van der Waals surface area contributed by atoms with E-state index in [9.17, 15) is 4.79 Å². The van der Waals surface area contributed by atoms with Crippen LogP contribution in [0.1, 0.15) is 48.0 Å². The molecule has 0 aliphatic carbocycles. The highest BCUT2D eigenvalue weighted by Crippen LogP contribution is 2.37. The summed E-state index contributed by atoms with van der Waals surface area (Å²) in [5.74, 6) is -0.310. The molecule has 0 heterocycles. The molecule has 2 aromatic rings. The fourth-order valence-corrected chi connectivity index (χ4v) is 9.55. The van der Waals surface area contributed by atoms with Crippen LogP contribution in [0.3, 0.4) is 0 Å². The van der Waals surface area contributed by atoms with E-state index in [1.54, 1.807) is 6.92 Å². The van der Waals surface area contributed by atoms with Gasteiger partial charge >= 0.3 is 5.97 Å². The summed E-state index contributed by atoms with van der Waals surface area (Å²) in [4.78, 5) is 11.9. The maximum atomic E-state index is 11.9. The average Bonchev–Trinajstić information content (AvgIpc) is 2.88. The van der Waals surface area contributed by atoms with Crippen molar-refractivity contribution in [1.29, 1.82) is 0 Å². The van der Waals surface area contributed by atoms with E-state index in [0.717, 1.165) is 0 Å². The number of benzene rings is 2. The third-order valence-corrected chi connectivity index (χ3v) is 11.9. The van der Waals surface area contributed by atoms with Crippen molar-refractivity contribution in [3.8, 4) is 0 Å². The number of carbonyl (C=O) groups excluding carboxylic acids is 1. The Bertz CT molecular complexity index is 906. The summed E-state index contributed by atoms with van der Waals surface area (Å²) in [7, 11) is -2.67. The monoisotopic (exact) mass is 590 g/mol. The highest BCUT2D eigenvalue weighted by molar-refractivity contribution is 9.09. The normalized spacial score (nSPS) is 14.9. The first-order valence-corrected chi connectivity index (χ1v) is 16.1. The molecular weight excluding hydrogens is 548 g/mol. The lowest BCUT2D eigenvalue weighted by molar-refractivity contribution is -0.166. The van der Waals surface area contributed by atoms with E-state index < -0.39 is 8.32 Å². The number of alkyl halides is 1. The van der Waals surface area contributed by atoms with Crippen molar-refractivity contribution in [3.05, 3.63) is 72.8 Å². The zero-order chi connectivity index (χ0) is 27.3. The largest absolute Gasteiger partial charge is 0.463 e. The molecule has 0 saturated heterocycles. The lowest BCUT2D eigenvalue weighted by Crippen LogP contribution is -2.67. The summed E-state index contributed by atoms with van der Waals surface area (Å²) in [5.41, 5.74) is 0. The Hall–Kier alpha value is -1.77.